The fourth-order valence-corrected chi connectivity index (χ4v) is 3.45. The molecule has 4 rings (SSSR count). The second-order valence-electron chi connectivity index (χ2n) is 7.15. The van der Waals surface area contributed by atoms with E-state index < -0.39 is 5.82 Å². The Balaban J connectivity index is 1.33. The summed E-state index contributed by atoms with van der Waals surface area (Å²) in [5, 5.41) is 4.55. The van der Waals surface area contributed by atoms with Crippen LogP contribution >= 0.6 is 0 Å². The van der Waals surface area contributed by atoms with Crippen LogP contribution < -0.4 is 10.3 Å². The predicted octanol–water partition coefficient (Wildman–Crippen LogP) is 2.50. The highest BCUT2D eigenvalue weighted by molar-refractivity contribution is 5.77. The molecule has 1 aliphatic carbocycles. The number of ether oxygens (including phenoxy) is 1. The van der Waals surface area contributed by atoms with Crippen molar-refractivity contribution in [1.82, 2.24) is 14.7 Å². The van der Waals surface area contributed by atoms with Gasteiger partial charge in [-0.3, -0.25) is 9.59 Å². The van der Waals surface area contributed by atoms with Gasteiger partial charge in [0.25, 0.3) is 11.5 Å². The number of benzene rings is 1. The van der Waals surface area contributed by atoms with Crippen LogP contribution in [-0.4, -0.2) is 40.3 Å². The summed E-state index contributed by atoms with van der Waals surface area (Å²) in [6, 6.07) is 9.46. The summed E-state index contributed by atoms with van der Waals surface area (Å²) in [7, 11) is 0. The highest BCUT2D eigenvalue weighted by atomic mass is 19.1. The van der Waals surface area contributed by atoms with E-state index in [1.165, 1.54) is 12.1 Å². The average Bonchev–Trinajstić information content (AvgIpc) is 3.53. The molecule has 0 radical (unpaired) electrons. The summed E-state index contributed by atoms with van der Waals surface area (Å²) in [5.74, 6) is -0.0869. The number of amides is 1. The van der Waals surface area contributed by atoms with Crippen molar-refractivity contribution in [1.29, 1.82) is 0 Å². The Morgan fingerprint density at radius 3 is 2.56 bits per heavy atom. The number of rotatable bonds is 5. The Labute approximate surface area is 156 Å². The largest absolute Gasteiger partial charge is 0.481 e. The normalized spacial score (nSPS) is 17.7. The molecule has 2 aromatic rings. The molecule has 2 aliphatic rings. The lowest BCUT2D eigenvalue weighted by Crippen LogP contribution is -2.43. The van der Waals surface area contributed by atoms with Gasteiger partial charge in [0.15, 0.2) is 18.2 Å². The molecule has 142 valence electrons. The van der Waals surface area contributed by atoms with E-state index in [1.807, 2.05) is 6.07 Å². The number of aromatic nitrogens is 2. The van der Waals surface area contributed by atoms with Crippen LogP contribution in [0.3, 0.4) is 0 Å². The van der Waals surface area contributed by atoms with Gasteiger partial charge in [-0.15, -0.1) is 0 Å². The zero-order valence-electron chi connectivity index (χ0n) is 15.0. The lowest BCUT2D eigenvalue weighted by Gasteiger charge is -2.32. The molecule has 0 N–H and O–H groups in total. The number of hydrogen-bond acceptors (Lipinski definition) is 4. The van der Waals surface area contributed by atoms with Crippen LogP contribution in [0.25, 0.3) is 0 Å². The smallest absolute Gasteiger partial charge is 0.267 e. The molecule has 0 unspecified atom stereocenters. The van der Waals surface area contributed by atoms with E-state index in [9.17, 15) is 14.0 Å². The molecule has 0 bridgehead atoms. The molecule has 2 heterocycles. The van der Waals surface area contributed by atoms with Crippen LogP contribution in [0.1, 0.15) is 43.3 Å². The number of likely N-dealkylation sites (tertiary alicyclic amines) is 1. The van der Waals surface area contributed by atoms with Gasteiger partial charge in [-0.05, 0) is 43.9 Å². The summed E-state index contributed by atoms with van der Waals surface area (Å²) < 4.78 is 20.4. The highest BCUT2D eigenvalue weighted by Crippen LogP contribution is 2.38. The van der Waals surface area contributed by atoms with Gasteiger partial charge in [0.2, 0.25) is 0 Å². The van der Waals surface area contributed by atoms with Crippen molar-refractivity contribution in [2.75, 3.05) is 19.7 Å². The first-order chi connectivity index (χ1) is 13.1. The Kier molecular flexibility index (Phi) is 4.92. The van der Waals surface area contributed by atoms with E-state index in [0.717, 1.165) is 18.5 Å². The third kappa shape index (κ3) is 4.02. The highest BCUT2D eigenvalue weighted by Gasteiger charge is 2.28. The second-order valence-corrected chi connectivity index (χ2v) is 7.15. The molecule has 2 fully saturated rings. The van der Waals surface area contributed by atoms with Crippen molar-refractivity contribution >= 4 is 5.91 Å². The summed E-state index contributed by atoms with van der Waals surface area (Å²) in [4.78, 5) is 26.2. The van der Waals surface area contributed by atoms with Crippen LogP contribution in [0.2, 0.25) is 0 Å². The quantitative estimate of drug-likeness (QED) is 0.810. The Bertz CT molecular complexity index is 886. The molecular formula is C20H22FN3O3. The molecule has 0 atom stereocenters. The number of nitrogens with zero attached hydrogens (tertiary/aromatic N) is 3. The monoisotopic (exact) mass is 371 g/mol. The van der Waals surface area contributed by atoms with Crippen molar-refractivity contribution in [3.05, 3.63) is 58.3 Å². The SMILES string of the molecule is O=C(COc1ccccc1F)N1CCC(n2nc(C3CC3)ccc2=O)CC1. The van der Waals surface area contributed by atoms with Crippen LogP contribution in [-0.2, 0) is 4.79 Å². The zero-order valence-corrected chi connectivity index (χ0v) is 15.0. The fraction of sp³-hybridized carbons (Fsp3) is 0.450. The molecule has 27 heavy (non-hydrogen) atoms. The van der Waals surface area contributed by atoms with Crippen LogP contribution in [0.5, 0.6) is 5.75 Å². The fourth-order valence-electron chi connectivity index (χ4n) is 3.45. The number of carbonyl (C=O) groups excluding carboxylic acids is 1. The molecule has 7 heteroatoms. The molecule has 1 aromatic heterocycles. The molecular weight excluding hydrogens is 349 g/mol. The number of carbonyl (C=O) groups is 1. The molecule has 1 saturated carbocycles. The standard InChI is InChI=1S/C20H22FN3O3/c21-16-3-1-2-4-18(16)27-13-20(26)23-11-9-15(10-12-23)24-19(25)8-7-17(22-24)14-5-6-14/h1-4,7-8,14-15H,5-6,9-13H2. The molecule has 0 spiro atoms. The van der Waals surface area contributed by atoms with E-state index in [1.54, 1.807) is 27.8 Å². The number of hydrogen-bond donors (Lipinski definition) is 0. The third-order valence-electron chi connectivity index (χ3n) is 5.19. The first-order valence-corrected chi connectivity index (χ1v) is 9.36. The van der Waals surface area contributed by atoms with Crippen molar-refractivity contribution in [2.24, 2.45) is 0 Å². The third-order valence-corrected chi connectivity index (χ3v) is 5.19. The van der Waals surface area contributed by atoms with E-state index in [4.69, 9.17) is 4.74 Å². The zero-order chi connectivity index (χ0) is 18.8. The van der Waals surface area contributed by atoms with Crippen LogP contribution in [0, 0.1) is 5.82 Å². The second kappa shape index (κ2) is 7.50. The minimum absolute atomic E-state index is 0.00716. The van der Waals surface area contributed by atoms with Gasteiger partial charge in [-0.2, -0.15) is 5.10 Å². The van der Waals surface area contributed by atoms with Gasteiger partial charge in [-0.1, -0.05) is 12.1 Å². The van der Waals surface area contributed by atoms with Gasteiger partial charge in [-0.25, -0.2) is 9.07 Å². The topological polar surface area (TPSA) is 64.4 Å². The van der Waals surface area contributed by atoms with Gasteiger partial charge < -0.3 is 9.64 Å². The summed E-state index contributed by atoms with van der Waals surface area (Å²) in [5.41, 5.74) is 0.901. The van der Waals surface area contributed by atoms with Crippen molar-refractivity contribution in [3.63, 3.8) is 0 Å². The Morgan fingerprint density at radius 1 is 1.11 bits per heavy atom. The van der Waals surface area contributed by atoms with Crippen molar-refractivity contribution in [3.8, 4) is 5.75 Å². The number of piperidine rings is 1. The van der Waals surface area contributed by atoms with Crippen LogP contribution in [0.4, 0.5) is 4.39 Å². The van der Waals surface area contributed by atoms with E-state index >= 15 is 0 Å². The minimum atomic E-state index is -0.481. The summed E-state index contributed by atoms with van der Waals surface area (Å²) >= 11 is 0. The summed E-state index contributed by atoms with van der Waals surface area (Å²) in [6.07, 6.45) is 3.62. The molecule has 1 amide bonds. The predicted molar refractivity (Wildman–Crippen MR) is 97.2 cm³/mol. The van der Waals surface area contributed by atoms with Gasteiger partial charge in [0, 0.05) is 25.1 Å². The van der Waals surface area contributed by atoms with Gasteiger partial charge in [0.1, 0.15) is 0 Å². The average molecular weight is 371 g/mol. The van der Waals surface area contributed by atoms with Crippen molar-refractivity contribution in [2.45, 2.75) is 37.6 Å². The molecule has 6 nitrogen and oxygen atoms in total. The number of para-hydroxylation sites is 1. The maximum Gasteiger partial charge on any atom is 0.267 e. The van der Waals surface area contributed by atoms with E-state index in [0.29, 0.717) is 31.8 Å². The first kappa shape index (κ1) is 17.7. The first-order valence-electron chi connectivity index (χ1n) is 9.36. The van der Waals surface area contributed by atoms with Crippen LogP contribution in [0.15, 0.2) is 41.2 Å². The van der Waals surface area contributed by atoms with E-state index in [2.05, 4.69) is 5.10 Å². The molecule has 1 aromatic carbocycles. The Hall–Kier alpha value is -2.70. The maximum atomic E-state index is 13.6. The number of halogens is 1. The van der Waals surface area contributed by atoms with Gasteiger partial charge in [0.05, 0.1) is 11.7 Å². The van der Waals surface area contributed by atoms with Gasteiger partial charge >= 0.3 is 0 Å². The minimum Gasteiger partial charge on any atom is -0.481 e. The molecule has 1 saturated heterocycles. The van der Waals surface area contributed by atoms with Crippen molar-refractivity contribution < 1.29 is 13.9 Å². The Morgan fingerprint density at radius 2 is 1.85 bits per heavy atom. The maximum absolute atomic E-state index is 13.6. The lowest BCUT2D eigenvalue weighted by atomic mass is 10.1. The van der Waals surface area contributed by atoms with E-state index in [-0.39, 0.29) is 29.9 Å². The lowest BCUT2D eigenvalue weighted by molar-refractivity contribution is -0.134. The summed E-state index contributed by atoms with van der Waals surface area (Å²) in [6.45, 7) is 0.874. The molecule has 1 aliphatic heterocycles.